The maximum atomic E-state index is 12.2. The fourth-order valence-corrected chi connectivity index (χ4v) is 2.42. The van der Waals surface area contributed by atoms with E-state index in [1.165, 1.54) is 12.8 Å². The minimum absolute atomic E-state index is 0.229. The lowest BCUT2D eigenvalue weighted by atomic mass is 9.93. The van der Waals surface area contributed by atoms with E-state index in [2.05, 4.69) is 5.32 Å². The zero-order valence-corrected chi connectivity index (χ0v) is 12.3. The Hall–Kier alpha value is -0.650. The molecule has 1 N–H and O–H groups in total. The van der Waals surface area contributed by atoms with Gasteiger partial charge in [0, 0.05) is 33.7 Å². The number of methoxy groups -OCH3 is 2. The molecule has 1 aliphatic heterocycles. The SMILES string of the molecule is COCCN(CCOC)C(=O)CCC1CCNCC1. The molecule has 112 valence electrons. The van der Waals surface area contributed by atoms with Gasteiger partial charge in [0.05, 0.1) is 13.2 Å². The van der Waals surface area contributed by atoms with Crippen molar-refractivity contribution in [3.63, 3.8) is 0 Å². The molecule has 0 aromatic heterocycles. The molecule has 0 bridgehead atoms. The molecule has 0 aliphatic carbocycles. The molecule has 0 atom stereocenters. The normalized spacial score (nSPS) is 16.5. The van der Waals surface area contributed by atoms with Crippen LogP contribution in [-0.2, 0) is 14.3 Å². The van der Waals surface area contributed by atoms with Crippen molar-refractivity contribution < 1.29 is 14.3 Å². The van der Waals surface area contributed by atoms with Gasteiger partial charge in [-0.05, 0) is 38.3 Å². The number of piperidine rings is 1. The minimum Gasteiger partial charge on any atom is -0.383 e. The third-order valence-electron chi connectivity index (χ3n) is 3.71. The summed E-state index contributed by atoms with van der Waals surface area (Å²) in [6.45, 7) is 4.67. The zero-order chi connectivity index (χ0) is 13.9. The van der Waals surface area contributed by atoms with Crippen LogP contribution in [0.25, 0.3) is 0 Å². The van der Waals surface area contributed by atoms with Crippen LogP contribution in [-0.4, -0.2) is 64.4 Å². The van der Waals surface area contributed by atoms with E-state index in [0.717, 1.165) is 19.5 Å². The van der Waals surface area contributed by atoms with Gasteiger partial charge in [-0.15, -0.1) is 0 Å². The maximum absolute atomic E-state index is 12.2. The predicted molar refractivity (Wildman–Crippen MR) is 75.2 cm³/mol. The summed E-state index contributed by atoms with van der Waals surface area (Å²) in [6.07, 6.45) is 4.06. The van der Waals surface area contributed by atoms with Crippen LogP contribution in [0.3, 0.4) is 0 Å². The molecule has 0 aromatic carbocycles. The third kappa shape index (κ3) is 6.89. The molecule has 1 amide bonds. The van der Waals surface area contributed by atoms with Gasteiger partial charge in [-0.3, -0.25) is 4.79 Å². The van der Waals surface area contributed by atoms with E-state index in [9.17, 15) is 4.79 Å². The van der Waals surface area contributed by atoms with Crippen molar-refractivity contribution in [1.29, 1.82) is 0 Å². The summed E-state index contributed by atoms with van der Waals surface area (Å²) in [7, 11) is 3.32. The Morgan fingerprint density at radius 2 is 1.74 bits per heavy atom. The maximum Gasteiger partial charge on any atom is 0.222 e. The van der Waals surface area contributed by atoms with E-state index in [1.54, 1.807) is 14.2 Å². The topological polar surface area (TPSA) is 50.8 Å². The number of nitrogens with zero attached hydrogens (tertiary/aromatic N) is 1. The number of nitrogens with one attached hydrogen (secondary N) is 1. The number of amides is 1. The summed E-state index contributed by atoms with van der Waals surface area (Å²) < 4.78 is 10.1. The Kier molecular flexibility index (Phi) is 8.79. The molecular weight excluding hydrogens is 244 g/mol. The second kappa shape index (κ2) is 10.2. The number of hydrogen-bond acceptors (Lipinski definition) is 4. The molecular formula is C14H28N2O3. The van der Waals surface area contributed by atoms with Crippen LogP contribution in [0.5, 0.6) is 0 Å². The van der Waals surface area contributed by atoms with Crippen molar-refractivity contribution in [2.24, 2.45) is 5.92 Å². The lowest BCUT2D eigenvalue weighted by molar-refractivity contribution is -0.132. The van der Waals surface area contributed by atoms with E-state index in [1.807, 2.05) is 4.90 Å². The molecule has 0 unspecified atom stereocenters. The lowest BCUT2D eigenvalue weighted by Crippen LogP contribution is -2.37. The van der Waals surface area contributed by atoms with E-state index in [-0.39, 0.29) is 5.91 Å². The fraction of sp³-hybridized carbons (Fsp3) is 0.929. The second-order valence-electron chi connectivity index (χ2n) is 5.10. The van der Waals surface area contributed by atoms with Crippen molar-refractivity contribution >= 4 is 5.91 Å². The minimum atomic E-state index is 0.229. The summed E-state index contributed by atoms with van der Waals surface area (Å²) in [5.41, 5.74) is 0. The first-order valence-corrected chi connectivity index (χ1v) is 7.24. The molecule has 1 heterocycles. The Bertz CT molecular complexity index is 235. The first-order valence-electron chi connectivity index (χ1n) is 7.24. The number of carbonyl (C=O) groups excluding carboxylic acids is 1. The molecule has 5 nitrogen and oxygen atoms in total. The van der Waals surface area contributed by atoms with E-state index in [0.29, 0.717) is 38.6 Å². The molecule has 0 saturated carbocycles. The van der Waals surface area contributed by atoms with Gasteiger partial charge in [0.2, 0.25) is 5.91 Å². The number of hydrogen-bond donors (Lipinski definition) is 1. The molecule has 19 heavy (non-hydrogen) atoms. The summed E-state index contributed by atoms with van der Waals surface area (Å²) in [6, 6.07) is 0. The average Bonchev–Trinajstić information content (AvgIpc) is 2.46. The van der Waals surface area contributed by atoms with Crippen molar-refractivity contribution in [3.8, 4) is 0 Å². The van der Waals surface area contributed by atoms with Gasteiger partial charge in [0.25, 0.3) is 0 Å². The molecule has 1 saturated heterocycles. The van der Waals surface area contributed by atoms with Gasteiger partial charge in [0.15, 0.2) is 0 Å². The molecule has 1 fully saturated rings. The largest absolute Gasteiger partial charge is 0.383 e. The Labute approximate surface area is 116 Å². The molecule has 0 aromatic rings. The second-order valence-corrected chi connectivity index (χ2v) is 5.10. The first-order chi connectivity index (χ1) is 9.27. The van der Waals surface area contributed by atoms with Crippen molar-refractivity contribution in [3.05, 3.63) is 0 Å². The van der Waals surface area contributed by atoms with Crippen molar-refractivity contribution in [1.82, 2.24) is 10.2 Å². The monoisotopic (exact) mass is 272 g/mol. The van der Waals surface area contributed by atoms with Gasteiger partial charge >= 0.3 is 0 Å². The van der Waals surface area contributed by atoms with Crippen LogP contribution >= 0.6 is 0 Å². The third-order valence-corrected chi connectivity index (χ3v) is 3.71. The summed E-state index contributed by atoms with van der Waals surface area (Å²) in [5.74, 6) is 0.935. The fourth-order valence-electron chi connectivity index (χ4n) is 2.42. The van der Waals surface area contributed by atoms with Crippen molar-refractivity contribution in [2.45, 2.75) is 25.7 Å². The highest BCUT2D eigenvalue weighted by Crippen LogP contribution is 2.18. The Morgan fingerprint density at radius 1 is 1.16 bits per heavy atom. The summed E-state index contributed by atoms with van der Waals surface area (Å²) in [5, 5.41) is 3.35. The standard InChI is InChI=1S/C14H28N2O3/c1-18-11-9-16(10-12-19-2)14(17)4-3-13-5-7-15-8-6-13/h13,15H,3-12H2,1-2H3. The van der Waals surface area contributed by atoms with Gasteiger partial charge < -0.3 is 19.7 Å². The number of rotatable bonds is 9. The highest BCUT2D eigenvalue weighted by atomic mass is 16.5. The van der Waals surface area contributed by atoms with Crippen LogP contribution in [0.15, 0.2) is 0 Å². The average molecular weight is 272 g/mol. The van der Waals surface area contributed by atoms with Crippen LogP contribution < -0.4 is 5.32 Å². The van der Waals surface area contributed by atoms with Crippen LogP contribution in [0, 0.1) is 5.92 Å². The van der Waals surface area contributed by atoms with Gasteiger partial charge in [-0.1, -0.05) is 0 Å². The van der Waals surface area contributed by atoms with E-state index in [4.69, 9.17) is 9.47 Å². The summed E-state index contributed by atoms with van der Waals surface area (Å²) >= 11 is 0. The molecule has 0 radical (unpaired) electrons. The van der Waals surface area contributed by atoms with Crippen LogP contribution in [0.1, 0.15) is 25.7 Å². The summed E-state index contributed by atoms with van der Waals surface area (Å²) in [4.78, 5) is 14.1. The van der Waals surface area contributed by atoms with Gasteiger partial charge in [-0.25, -0.2) is 0 Å². The first kappa shape index (κ1) is 16.4. The highest BCUT2D eigenvalue weighted by Gasteiger charge is 2.17. The van der Waals surface area contributed by atoms with Gasteiger partial charge in [-0.2, -0.15) is 0 Å². The van der Waals surface area contributed by atoms with Crippen LogP contribution in [0.2, 0.25) is 0 Å². The number of ether oxygens (including phenoxy) is 2. The quantitative estimate of drug-likeness (QED) is 0.677. The molecule has 0 spiro atoms. The van der Waals surface area contributed by atoms with Gasteiger partial charge in [0.1, 0.15) is 0 Å². The molecule has 1 rings (SSSR count). The Morgan fingerprint density at radius 3 is 2.26 bits per heavy atom. The van der Waals surface area contributed by atoms with E-state index >= 15 is 0 Å². The number of carbonyl (C=O) groups is 1. The molecule has 5 heteroatoms. The lowest BCUT2D eigenvalue weighted by Gasteiger charge is -2.25. The Balaban J connectivity index is 2.28. The van der Waals surface area contributed by atoms with E-state index < -0.39 is 0 Å². The smallest absolute Gasteiger partial charge is 0.222 e. The van der Waals surface area contributed by atoms with Crippen LogP contribution in [0.4, 0.5) is 0 Å². The highest BCUT2D eigenvalue weighted by molar-refractivity contribution is 5.76. The molecule has 1 aliphatic rings. The zero-order valence-electron chi connectivity index (χ0n) is 12.3. The predicted octanol–water partition coefficient (Wildman–Crippen LogP) is 0.888. The van der Waals surface area contributed by atoms with Crippen molar-refractivity contribution in [2.75, 3.05) is 53.6 Å².